The SMILES string of the molecule is Clc1cccc2nncc(N3CC3)c12. The molecule has 1 aliphatic heterocycles. The summed E-state index contributed by atoms with van der Waals surface area (Å²) in [6.45, 7) is 2.18. The van der Waals surface area contributed by atoms with Gasteiger partial charge in [-0.05, 0) is 12.1 Å². The molecule has 0 unspecified atom stereocenters. The second-order valence-electron chi connectivity index (χ2n) is 3.35. The Labute approximate surface area is 86.3 Å². The van der Waals surface area contributed by atoms with Crippen molar-refractivity contribution in [3.63, 3.8) is 0 Å². The van der Waals surface area contributed by atoms with E-state index >= 15 is 0 Å². The number of anilines is 1. The van der Waals surface area contributed by atoms with Gasteiger partial charge < -0.3 is 4.90 Å². The predicted molar refractivity (Wildman–Crippen MR) is 56.8 cm³/mol. The maximum Gasteiger partial charge on any atom is 0.0965 e. The fourth-order valence-corrected chi connectivity index (χ4v) is 1.86. The first kappa shape index (κ1) is 8.00. The summed E-state index contributed by atoms with van der Waals surface area (Å²) in [6.07, 6.45) is 1.78. The highest BCUT2D eigenvalue weighted by Gasteiger charge is 2.21. The number of aromatic nitrogens is 2. The lowest BCUT2D eigenvalue weighted by Gasteiger charge is -2.06. The average molecular weight is 206 g/mol. The molecule has 0 radical (unpaired) electrons. The number of benzene rings is 1. The Morgan fingerprint density at radius 2 is 2.14 bits per heavy atom. The van der Waals surface area contributed by atoms with Crippen LogP contribution in [-0.2, 0) is 0 Å². The van der Waals surface area contributed by atoms with Crippen molar-refractivity contribution in [1.29, 1.82) is 0 Å². The molecule has 3 rings (SSSR count). The molecule has 70 valence electrons. The van der Waals surface area contributed by atoms with E-state index in [1.54, 1.807) is 6.20 Å². The van der Waals surface area contributed by atoms with E-state index in [4.69, 9.17) is 11.6 Å². The Morgan fingerprint density at radius 1 is 1.29 bits per heavy atom. The molecule has 1 fully saturated rings. The van der Waals surface area contributed by atoms with Gasteiger partial charge in [0.1, 0.15) is 0 Å². The number of fused-ring (bicyclic) bond motifs is 1. The number of nitrogens with zero attached hydrogens (tertiary/aromatic N) is 3. The summed E-state index contributed by atoms with van der Waals surface area (Å²) >= 11 is 6.14. The lowest BCUT2D eigenvalue weighted by atomic mass is 10.2. The van der Waals surface area contributed by atoms with Crippen molar-refractivity contribution in [3.05, 3.63) is 29.4 Å². The average Bonchev–Trinajstić information content (AvgIpc) is 3.01. The van der Waals surface area contributed by atoms with Crippen molar-refractivity contribution in [2.75, 3.05) is 18.0 Å². The minimum Gasteiger partial charge on any atom is -0.366 e. The van der Waals surface area contributed by atoms with Crippen molar-refractivity contribution in [3.8, 4) is 0 Å². The molecule has 1 aromatic carbocycles. The highest BCUT2D eigenvalue weighted by atomic mass is 35.5. The van der Waals surface area contributed by atoms with Crippen molar-refractivity contribution < 1.29 is 0 Å². The molecule has 1 saturated heterocycles. The Morgan fingerprint density at radius 3 is 2.93 bits per heavy atom. The molecule has 14 heavy (non-hydrogen) atoms. The van der Waals surface area contributed by atoms with Gasteiger partial charge in [-0.3, -0.25) is 0 Å². The highest BCUT2D eigenvalue weighted by molar-refractivity contribution is 6.36. The predicted octanol–water partition coefficient (Wildman–Crippen LogP) is 2.10. The first-order chi connectivity index (χ1) is 6.86. The smallest absolute Gasteiger partial charge is 0.0965 e. The van der Waals surface area contributed by atoms with E-state index in [0.29, 0.717) is 0 Å². The minimum absolute atomic E-state index is 0.749. The summed E-state index contributed by atoms with van der Waals surface area (Å²) in [5, 5.41) is 9.78. The van der Waals surface area contributed by atoms with Gasteiger partial charge in [0.2, 0.25) is 0 Å². The summed E-state index contributed by atoms with van der Waals surface area (Å²) in [6, 6.07) is 5.71. The van der Waals surface area contributed by atoms with E-state index < -0.39 is 0 Å². The van der Waals surface area contributed by atoms with E-state index in [1.165, 1.54) is 0 Å². The molecular formula is C10H8ClN3. The normalized spacial score (nSPS) is 14.8. The molecule has 1 aliphatic rings. The fraction of sp³-hybridized carbons (Fsp3) is 0.200. The van der Waals surface area contributed by atoms with Gasteiger partial charge in [-0.2, -0.15) is 10.2 Å². The molecule has 0 aliphatic carbocycles. The highest BCUT2D eigenvalue weighted by Crippen LogP contribution is 2.33. The summed E-state index contributed by atoms with van der Waals surface area (Å²) < 4.78 is 0. The zero-order valence-electron chi connectivity index (χ0n) is 7.44. The summed E-state index contributed by atoms with van der Waals surface area (Å²) in [7, 11) is 0. The Bertz CT molecular complexity index is 488. The van der Waals surface area contributed by atoms with Crippen LogP contribution in [0.25, 0.3) is 10.9 Å². The van der Waals surface area contributed by atoms with Crippen LogP contribution in [0.1, 0.15) is 0 Å². The van der Waals surface area contributed by atoms with Crippen LogP contribution in [0.2, 0.25) is 5.02 Å². The molecule has 3 nitrogen and oxygen atoms in total. The fourth-order valence-electron chi connectivity index (χ4n) is 1.59. The van der Waals surface area contributed by atoms with Gasteiger partial charge in [-0.25, -0.2) is 0 Å². The van der Waals surface area contributed by atoms with Crippen molar-refractivity contribution in [1.82, 2.24) is 10.2 Å². The first-order valence-electron chi connectivity index (χ1n) is 4.51. The van der Waals surface area contributed by atoms with Crippen LogP contribution in [-0.4, -0.2) is 23.3 Å². The monoisotopic (exact) mass is 205 g/mol. The molecule has 0 atom stereocenters. The summed E-state index contributed by atoms with van der Waals surface area (Å²) in [5.41, 5.74) is 1.96. The van der Waals surface area contributed by atoms with E-state index in [-0.39, 0.29) is 0 Å². The first-order valence-corrected chi connectivity index (χ1v) is 4.89. The molecule has 1 aromatic heterocycles. The van der Waals surface area contributed by atoms with E-state index in [2.05, 4.69) is 15.1 Å². The van der Waals surface area contributed by atoms with E-state index in [9.17, 15) is 0 Å². The maximum atomic E-state index is 6.14. The topological polar surface area (TPSA) is 28.8 Å². The van der Waals surface area contributed by atoms with Gasteiger partial charge in [-0.1, -0.05) is 17.7 Å². The third kappa shape index (κ3) is 1.13. The Balaban J connectivity index is 2.37. The standard InChI is InChI=1S/C10H8ClN3/c11-7-2-1-3-8-10(7)9(6-12-13-8)14-4-5-14/h1-3,6H,4-5H2. The van der Waals surface area contributed by atoms with Crippen LogP contribution >= 0.6 is 11.6 Å². The van der Waals surface area contributed by atoms with E-state index in [0.717, 1.165) is 34.7 Å². The van der Waals surface area contributed by atoms with Crippen molar-refractivity contribution >= 4 is 28.2 Å². The second-order valence-corrected chi connectivity index (χ2v) is 3.76. The van der Waals surface area contributed by atoms with Gasteiger partial charge in [0, 0.05) is 18.5 Å². The molecule has 0 spiro atoms. The van der Waals surface area contributed by atoms with E-state index in [1.807, 2.05) is 18.2 Å². The lowest BCUT2D eigenvalue weighted by molar-refractivity contribution is 1.07. The van der Waals surface area contributed by atoms with Crippen LogP contribution in [0.5, 0.6) is 0 Å². The van der Waals surface area contributed by atoms with Crippen LogP contribution in [0.3, 0.4) is 0 Å². The lowest BCUT2D eigenvalue weighted by Crippen LogP contribution is -1.95. The summed E-state index contributed by atoms with van der Waals surface area (Å²) in [5.74, 6) is 0. The molecule has 0 bridgehead atoms. The van der Waals surface area contributed by atoms with Gasteiger partial charge in [0.15, 0.2) is 0 Å². The zero-order chi connectivity index (χ0) is 9.54. The summed E-state index contributed by atoms with van der Waals surface area (Å²) in [4.78, 5) is 2.23. The van der Waals surface area contributed by atoms with Crippen LogP contribution in [0, 0.1) is 0 Å². The molecule has 4 heteroatoms. The zero-order valence-corrected chi connectivity index (χ0v) is 8.20. The van der Waals surface area contributed by atoms with Gasteiger partial charge in [0.25, 0.3) is 0 Å². The van der Waals surface area contributed by atoms with Crippen LogP contribution in [0.4, 0.5) is 5.69 Å². The molecule has 2 aromatic rings. The number of hydrogen-bond acceptors (Lipinski definition) is 3. The third-order valence-electron chi connectivity index (χ3n) is 2.38. The number of hydrogen-bond donors (Lipinski definition) is 0. The van der Waals surface area contributed by atoms with Gasteiger partial charge in [-0.15, -0.1) is 0 Å². The largest absolute Gasteiger partial charge is 0.366 e. The Hall–Kier alpha value is -1.35. The second kappa shape index (κ2) is 2.82. The molecule has 0 N–H and O–H groups in total. The quantitative estimate of drug-likeness (QED) is 0.668. The molecular weight excluding hydrogens is 198 g/mol. The maximum absolute atomic E-state index is 6.14. The number of rotatable bonds is 1. The van der Waals surface area contributed by atoms with Gasteiger partial charge >= 0.3 is 0 Å². The minimum atomic E-state index is 0.749. The van der Waals surface area contributed by atoms with Crippen LogP contribution in [0.15, 0.2) is 24.4 Å². The van der Waals surface area contributed by atoms with Crippen molar-refractivity contribution in [2.24, 2.45) is 0 Å². The molecule has 0 saturated carbocycles. The molecule has 2 heterocycles. The molecule has 0 amide bonds. The number of halogens is 1. The van der Waals surface area contributed by atoms with Crippen molar-refractivity contribution in [2.45, 2.75) is 0 Å². The van der Waals surface area contributed by atoms with Gasteiger partial charge in [0.05, 0.1) is 22.4 Å². The van der Waals surface area contributed by atoms with Crippen LogP contribution < -0.4 is 4.90 Å². The third-order valence-corrected chi connectivity index (χ3v) is 2.70. The Kier molecular flexibility index (Phi) is 1.61.